The zero-order chi connectivity index (χ0) is 14.5. The normalized spacial score (nSPS) is 41.2. The first kappa shape index (κ1) is 13.9. The number of carboxylic acid groups (broad SMARTS) is 1. The first-order valence-electron chi connectivity index (χ1n) is 7.61. The summed E-state index contributed by atoms with van der Waals surface area (Å²) in [7, 11) is 0. The van der Waals surface area contributed by atoms with Crippen molar-refractivity contribution in [1.82, 2.24) is 5.32 Å². The van der Waals surface area contributed by atoms with Crippen molar-refractivity contribution in [2.75, 3.05) is 0 Å². The molecule has 4 saturated carbocycles. The number of aliphatic hydroxyl groups is 1. The predicted octanol–water partition coefficient (Wildman–Crippen LogP) is 1.15. The van der Waals surface area contributed by atoms with E-state index in [4.69, 9.17) is 5.11 Å². The largest absolute Gasteiger partial charge is 0.480 e. The van der Waals surface area contributed by atoms with Crippen molar-refractivity contribution >= 4 is 11.9 Å². The van der Waals surface area contributed by atoms with Gasteiger partial charge in [-0.3, -0.25) is 4.79 Å². The van der Waals surface area contributed by atoms with Crippen molar-refractivity contribution < 1.29 is 19.8 Å². The second-order valence-electron chi connectivity index (χ2n) is 7.23. The van der Waals surface area contributed by atoms with Crippen LogP contribution in [-0.2, 0) is 9.59 Å². The number of carbonyl (C=O) groups excluding carboxylic acids is 1. The Morgan fingerprint density at radius 3 is 1.90 bits per heavy atom. The van der Waals surface area contributed by atoms with Crippen LogP contribution >= 0.6 is 0 Å². The van der Waals surface area contributed by atoms with E-state index in [0.717, 1.165) is 19.3 Å². The average Bonchev–Trinajstić information content (AvgIpc) is 2.32. The highest BCUT2D eigenvalue weighted by atomic mass is 16.4. The highest BCUT2D eigenvalue weighted by molar-refractivity contribution is 5.88. The number of hydrogen-bond acceptors (Lipinski definition) is 3. The summed E-state index contributed by atoms with van der Waals surface area (Å²) in [5, 5.41) is 21.2. The Morgan fingerprint density at radius 1 is 1.10 bits per heavy atom. The monoisotopic (exact) mass is 281 g/mol. The molecular formula is C15H23NO4. The number of hydrogen-bond donors (Lipinski definition) is 3. The molecule has 0 aromatic rings. The molecule has 5 nitrogen and oxygen atoms in total. The fourth-order valence-corrected chi connectivity index (χ4v) is 5.07. The lowest BCUT2D eigenvalue weighted by Gasteiger charge is -2.55. The van der Waals surface area contributed by atoms with Crippen LogP contribution in [0.25, 0.3) is 0 Å². The first-order chi connectivity index (χ1) is 9.39. The molecule has 4 aliphatic rings. The van der Waals surface area contributed by atoms with E-state index < -0.39 is 18.1 Å². The van der Waals surface area contributed by atoms with Crippen molar-refractivity contribution in [2.24, 2.45) is 23.2 Å². The van der Waals surface area contributed by atoms with Gasteiger partial charge in [0.1, 0.15) is 0 Å². The number of aliphatic hydroxyl groups excluding tert-OH is 1. The molecule has 3 N–H and O–H groups in total. The van der Waals surface area contributed by atoms with Gasteiger partial charge >= 0.3 is 5.97 Å². The Balaban J connectivity index is 1.75. The molecule has 4 aliphatic carbocycles. The minimum absolute atomic E-state index is 0.148. The lowest BCUT2D eigenvalue weighted by Crippen LogP contribution is -2.58. The summed E-state index contributed by atoms with van der Waals surface area (Å²) in [6.45, 7) is 1.40. The van der Waals surface area contributed by atoms with Gasteiger partial charge in [0.25, 0.3) is 0 Å². The first-order valence-corrected chi connectivity index (χ1v) is 7.61. The van der Waals surface area contributed by atoms with Crippen molar-refractivity contribution in [2.45, 2.75) is 57.6 Å². The predicted molar refractivity (Wildman–Crippen MR) is 71.9 cm³/mol. The van der Waals surface area contributed by atoms with Gasteiger partial charge in [-0.05, 0) is 63.2 Å². The van der Waals surface area contributed by atoms with Crippen LogP contribution < -0.4 is 5.32 Å². The molecule has 0 spiro atoms. The maximum atomic E-state index is 12.6. The van der Waals surface area contributed by atoms with Gasteiger partial charge in [-0.2, -0.15) is 0 Å². The lowest BCUT2D eigenvalue weighted by atomic mass is 9.49. The third kappa shape index (κ3) is 2.22. The summed E-state index contributed by atoms with van der Waals surface area (Å²) in [6.07, 6.45) is 5.35. The van der Waals surface area contributed by atoms with Gasteiger partial charge < -0.3 is 15.5 Å². The summed E-state index contributed by atoms with van der Waals surface area (Å²) in [4.78, 5) is 23.8. The van der Waals surface area contributed by atoms with Gasteiger partial charge in [0.2, 0.25) is 5.91 Å². The average molecular weight is 281 g/mol. The molecule has 4 bridgehead atoms. The fraction of sp³-hybridized carbons (Fsp3) is 0.867. The van der Waals surface area contributed by atoms with E-state index in [1.54, 1.807) is 0 Å². The molecule has 0 saturated heterocycles. The third-order valence-corrected chi connectivity index (χ3v) is 5.55. The van der Waals surface area contributed by atoms with Crippen LogP contribution in [0.1, 0.15) is 45.4 Å². The number of aliphatic carboxylic acids is 1. The van der Waals surface area contributed by atoms with Crippen LogP contribution in [0.4, 0.5) is 0 Å². The molecule has 1 amide bonds. The fourth-order valence-electron chi connectivity index (χ4n) is 5.07. The number of nitrogens with one attached hydrogen (secondary N) is 1. The Labute approximate surface area is 118 Å². The highest BCUT2D eigenvalue weighted by Gasteiger charge is 2.55. The third-order valence-electron chi connectivity index (χ3n) is 5.55. The highest BCUT2D eigenvalue weighted by Crippen LogP contribution is 2.60. The SMILES string of the molecule is C[C@@H](O)[C@H](NC(=O)C12CC3CC(CC(C3)C1)C2)C(=O)O. The van der Waals surface area contributed by atoms with Gasteiger partial charge in [-0.25, -0.2) is 4.79 Å². The molecule has 4 fully saturated rings. The van der Waals surface area contributed by atoms with Crippen LogP contribution in [0.15, 0.2) is 0 Å². The van der Waals surface area contributed by atoms with E-state index in [0.29, 0.717) is 17.8 Å². The van der Waals surface area contributed by atoms with Crippen LogP contribution in [0.5, 0.6) is 0 Å². The Kier molecular flexibility index (Phi) is 3.27. The number of amides is 1. The Bertz CT molecular complexity index is 396. The standard InChI is InChI=1S/C15H23NO4/c1-8(17)12(13(18)19)16-14(20)15-5-9-2-10(6-15)4-11(3-9)7-15/h8-12,17H,2-7H2,1H3,(H,16,20)(H,18,19)/t8-,9?,10?,11?,12+,15?/m1/s1. The quantitative estimate of drug-likeness (QED) is 0.721. The maximum Gasteiger partial charge on any atom is 0.328 e. The van der Waals surface area contributed by atoms with Gasteiger partial charge in [0, 0.05) is 5.41 Å². The zero-order valence-electron chi connectivity index (χ0n) is 11.8. The van der Waals surface area contributed by atoms with E-state index in [-0.39, 0.29) is 11.3 Å². The minimum atomic E-state index is -1.20. The molecule has 4 rings (SSSR count). The lowest BCUT2D eigenvalue weighted by molar-refractivity contribution is -0.153. The molecule has 20 heavy (non-hydrogen) atoms. The molecule has 5 heteroatoms. The number of carboxylic acids is 1. The summed E-state index contributed by atoms with van der Waals surface area (Å²) < 4.78 is 0. The second-order valence-corrected chi connectivity index (χ2v) is 7.23. The van der Waals surface area contributed by atoms with E-state index in [9.17, 15) is 14.7 Å². The van der Waals surface area contributed by atoms with E-state index in [2.05, 4.69) is 5.32 Å². The minimum Gasteiger partial charge on any atom is -0.480 e. The number of carbonyl (C=O) groups is 2. The summed E-state index contributed by atoms with van der Waals surface area (Å²) in [6, 6.07) is -1.20. The van der Waals surface area contributed by atoms with E-state index >= 15 is 0 Å². The van der Waals surface area contributed by atoms with Crippen molar-refractivity contribution in [3.05, 3.63) is 0 Å². The van der Waals surface area contributed by atoms with Crippen LogP contribution in [0, 0.1) is 23.2 Å². The molecule has 0 aromatic carbocycles. The summed E-state index contributed by atoms with van der Waals surface area (Å²) >= 11 is 0. The van der Waals surface area contributed by atoms with Crippen LogP contribution in [-0.4, -0.2) is 34.2 Å². The van der Waals surface area contributed by atoms with Crippen molar-refractivity contribution in [3.8, 4) is 0 Å². The van der Waals surface area contributed by atoms with Gasteiger partial charge in [-0.1, -0.05) is 0 Å². The molecule has 2 atom stereocenters. The Hall–Kier alpha value is -1.10. The van der Waals surface area contributed by atoms with Gasteiger partial charge in [-0.15, -0.1) is 0 Å². The maximum absolute atomic E-state index is 12.6. The second kappa shape index (κ2) is 4.72. The van der Waals surface area contributed by atoms with Crippen LogP contribution in [0.2, 0.25) is 0 Å². The van der Waals surface area contributed by atoms with Crippen molar-refractivity contribution in [1.29, 1.82) is 0 Å². The summed E-state index contributed by atoms with van der Waals surface area (Å²) in [5.41, 5.74) is -0.364. The van der Waals surface area contributed by atoms with Gasteiger partial charge in [0.15, 0.2) is 6.04 Å². The zero-order valence-corrected chi connectivity index (χ0v) is 11.8. The number of rotatable bonds is 4. The topological polar surface area (TPSA) is 86.6 Å². The van der Waals surface area contributed by atoms with Crippen molar-refractivity contribution in [3.63, 3.8) is 0 Å². The smallest absolute Gasteiger partial charge is 0.328 e. The molecule has 0 aliphatic heterocycles. The molecule has 112 valence electrons. The van der Waals surface area contributed by atoms with E-state index in [1.807, 2.05) is 0 Å². The Morgan fingerprint density at radius 2 is 1.55 bits per heavy atom. The molecular weight excluding hydrogens is 258 g/mol. The molecule has 0 radical (unpaired) electrons. The van der Waals surface area contributed by atoms with E-state index in [1.165, 1.54) is 26.2 Å². The molecule has 0 aromatic heterocycles. The van der Waals surface area contributed by atoms with Gasteiger partial charge in [0.05, 0.1) is 6.10 Å². The molecule has 0 unspecified atom stereocenters. The van der Waals surface area contributed by atoms with Crippen LogP contribution in [0.3, 0.4) is 0 Å². The summed E-state index contributed by atoms with van der Waals surface area (Å²) in [5.74, 6) is 0.605. The molecule has 0 heterocycles.